The predicted octanol–water partition coefficient (Wildman–Crippen LogP) is 4.02. The van der Waals surface area contributed by atoms with Crippen LogP contribution in [0.2, 0.25) is 0 Å². The van der Waals surface area contributed by atoms with Crippen LogP contribution >= 0.6 is 0 Å². The van der Waals surface area contributed by atoms with Crippen molar-refractivity contribution in [1.82, 2.24) is 0 Å². The maximum Gasteiger partial charge on any atom is 0.0163 e. The Kier molecular flexibility index (Phi) is 2.63. The Morgan fingerprint density at radius 3 is 2.17 bits per heavy atom. The van der Waals surface area contributed by atoms with Crippen LogP contribution in [-0.4, -0.2) is 5.54 Å². The summed E-state index contributed by atoms with van der Waals surface area (Å²) < 4.78 is 0. The zero-order valence-corrected chi connectivity index (χ0v) is 11.5. The van der Waals surface area contributed by atoms with Gasteiger partial charge in [0.25, 0.3) is 0 Å². The van der Waals surface area contributed by atoms with Crippen LogP contribution in [0, 0.1) is 0 Å². The van der Waals surface area contributed by atoms with Gasteiger partial charge >= 0.3 is 0 Å². The van der Waals surface area contributed by atoms with Crippen molar-refractivity contribution in [2.45, 2.75) is 56.9 Å². The molecule has 1 nitrogen and oxygen atoms in total. The van der Waals surface area contributed by atoms with Crippen molar-refractivity contribution in [2.24, 2.45) is 5.73 Å². The lowest BCUT2D eigenvalue weighted by Crippen LogP contribution is -2.37. The zero-order valence-electron chi connectivity index (χ0n) is 11.5. The first-order valence-corrected chi connectivity index (χ1v) is 7.07. The van der Waals surface area contributed by atoms with Gasteiger partial charge in [0.05, 0.1) is 0 Å². The summed E-state index contributed by atoms with van der Waals surface area (Å²) in [4.78, 5) is 0. The van der Waals surface area contributed by atoms with Gasteiger partial charge in [-0.25, -0.2) is 0 Å². The molecule has 0 spiro atoms. The smallest absolute Gasteiger partial charge is 0.0163 e. The number of allylic oxidation sites excluding steroid dienone is 1. The van der Waals surface area contributed by atoms with Gasteiger partial charge in [0.1, 0.15) is 0 Å². The molecule has 0 bridgehead atoms. The summed E-state index contributed by atoms with van der Waals surface area (Å²) in [5.74, 6) is 0. The monoisotopic (exact) mass is 241 g/mol. The molecule has 1 heteroatoms. The van der Waals surface area contributed by atoms with Crippen LogP contribution in [0.15, 0.2) is 30.3 Å². The molecule has 0 aliphatic heterocycles. The minimum atomic E-state index is 0.00489. The highest BCUT2D eigenvalue weighted by Gasteiger charge is 2.38. The largest absolute Gasteiger partial charge is 0.325 e. The van der Waals surface area contributed by atoms with E-state index in [2.05, 4.69) is 44.2 Å². The molecule has 1 aromatic rings. The molecule has 1 atom stereocenters. The van der Waals surface area contributed by atoms with Crippen molar-refractivity contribution < 1.29 is 0 Å². The maximum absolute atomic E-state index is 6.16. The van der Waals surface area contributed by atoms with Gasteiger partial charge in [-0.15, -0.1) is 0 Å². The lowest BCUT2D eigenvalue weighted by Gasteiger charge is -2.28. The van der Waals surface area contributed by atoms with E-state index in [9.17, 15) is 0 Å². The number of benzene rings is 1. The summed E-state index contributed by atoms with van der Waals surface area (Å²) in [6.45, 7) is 4.51. The maximum atomic E-state index is 6.16. The molecule has 3 rings (SSSR count). The van der Waals surface area contributed by atoms with Crippen LogP contribution in [0.4, 0.5) is 0 Å². The van der Waals surface area contributed by atoms with Crippen molar-refractivity contribution in [1.29, 1.82) is 0 Å². The standard InChI is InChI=1S/C17H23N/c1-16(11-12-16)15-5-3-13(4-6-15)14-7-9-17(2,18)10-8-14/h3-7H,8-12,18H2,1-2H3. The van der Waals surface area contributed by atoms with E-state index in [1.807, 2.05) is 0 Å². The van der Waals surface area contributed by atoms with E-state index < -0.39 is 0 Å². The molecule has 0 saturated heterocycles. The third-order valence-corrected chi connectivity index (χ3v) is 4.73. The minimum absolute atomic E-state index is 0.00489. The van der Waals surface area contributed by atoms with Gasteiger partial charge in [0.2, 0.25) is 0 Å². The van der Waals surface area contributed by atoms with Gasteiger partial charge in [0, 0.05) is 5.54 Å². The fourth-order valence-corrected chi connectivity index (χ4v) is 2.81. The van der Waals surface area contributed by atoms with Gasteiger partial charge in [-0.2, -0.15) is 0 Å². The fourth-order valence-electron chi connectivity index (χ4n) is 2.81. The molecule has 1 saturated carbocycles. The first-order valence-electron chi connectivity index (χ1n) is 7.07. The third-order valence-electron chi connectivity index (χ3n) is 4.73. The van der Waals surface area contributed by atoms with Gasteiger partial charge < -0.3 is 5.73 Å². The SMILES string of the molecule is CC1(N)CC=C(c2ccc(C3(C)CC3)cc2)CC1. The summed E-state index contributed by atoms with van der Waals surface area (Å²) in [7, 11) is 0. The number of hydrogen-bond acceptors (Lipinski definition) is 1. The molecular weight excluding hydrogens is 218 g/mol. The van der Waals surface area contributed by atoms with E-state index in [0.717, 1.165) is 19.3 Å². The lowest BCUT2D eigenvalue weighted by atomic mass is 9.82. The van der Waals surface area contributed by atoms with Crippen molar-refractivity contribution in [3.8, 4) is 0 Å². The van der Waals surface area contributed by atoms with E-state index in [-0.39, 0.29) is 5.54 Å². The normalized spacial score (nSPS) is 29.8. The van der Waals surface area contributed by atoms with E-state index in [4.69, 9.17) is 5.73 Å². The van der Waals surface area contributed by atoms with Gasteiger partial charge in [-0.05, 0) is 61.1 Å². The van der Waals surface area contributed by atoms with E-state index >= 15 is 0 Å². The number of rotatable bonds is 2. The third kappa shape index (κ3) is 2.24. The molecule has 2 N–H and O–H groups in total. The molecule has 2 aliphatic carbocycles. The summed E-state index contributed by atoms with van der Waals surface area (Å²) in [5.41, 5.74) is 11.0. The Morgan fingerprint density at radius 2 is 1.67 bits per heavy atom. The van der Waals surface area contributed by atoms with E-state index in [0.29, 0.717) is 5.41 Å². The first kappa shape index (κ1) is 12.0. The molecule has 18 heavy (non-hydrogen) atoms. The molecular formula is C17H23N. The van der Waals surface area contributed by atoms with Crippen molar-refractivity contribution >= 4 is 5.57 Å². The molecule has 1 aromatic carbocycles. The van der Waals surface area contributed by atoms with E-state index in [1.54, 1.807) is 0 Å². The first-order chi connectivity index (χ1) is 8.49. The second kappa shape index (κ2) is 3.96. The van der Waals surface area contributed by atoms with Crippen LogP contribution in [0.25, 0.3) is 5.57 Å². The molecule has 1 unspecified atom stereocenters. The minimum Gasteiger partial charge on any atom is -0.325 e. The van der Waals surface area contributed by atoms with Crippen LogP contribution < -0.4 is 5.73 Å². The average molecular weight is 241 g/mol. The average Bonchev–Trinajstić information content (AvgIpc) is 3.09. The van der Waals surface area contributed by atoms with Crippen molar-refractivity contribution in [3.05, 3.63) is 41.5 Å². The van der Waals surface area contributed by atoms with Gasteiger partial charge in [-0.3, -0.25) is 0 Å². The predicted molar refractivity (Wildman–Crippen MR) is 77.4 cm³/mol. The van der Waals surface area contributed by atoms with E-state index in [1.165, 1.54) is 29.5 Å². The molecule has 0 radical (unpaired) electrons. The summed E-state index contributed by atoms with van der Waals surface area (Å²) in [5, 5.41) is 0. The van der Waals surface area contributed by atoms with Gasteiger partial charge in [0.15, 0.2) is 0 Å². The second-order valence-corrected chi connectivity index (χ2v) is 6.73. The van der Waals surface area contributed by atoms with Crippen LogP contribution in [0.3, 0.4) is 0 Å². The molecule has 0 amide bonds. The molecule has 96 valence electrons. The van der Waals surface area contributed by atoms with Crippen LogP contribution in [0.1, 0.15) is 57.1 Å². The topological polar surface area (TPSA) is 26.0 Å². The van der Waals surface area contributed by atoms with Crippen LogP contribution in [-0.2, 0) is 5.41 Å². The summed E-state index contributed by atoms with van der Waals surface area (Å²) in [6.07, 6.45) is 8.24. The highest BCUT2D eigenvalue weighted by Crippen LogP contribution is 2.47. The Labute approximate surface area is 110 Å². The summed E-state index contributed by atoms with van der Waals surface area (Å²) >= 11 is 0. The second-order valence-electron chi connectivity index (χ2n) is 6.73. The molecule has 0 aromatic heterocycles. The Balaban J connectivity index is 1.79. The number of hydrogen-bond donors (Lipinski definition) is 1. The fraction of sp³-hybridized carbons (Fsp3) is 0.529. The highest BCUT2D eigenvalue weighted by molar-refractivity contribution is 5.67. The van der Waals surface area contributed by atoms with Gasteiger partial charge in [-0.1, -0.05) is 37.3 Å². The lowest BCUT2D eigenvalue weighted by molar-refractivity contribution is 0.432. The highest BCUT2D eigenvalue weighted by atomic mass is 14.7. The van der Waals surface area contributed by atoms with Crippen molar-refractivity contribution in [2.75, 3.05) is 0 Å². The molecule has 1 fully saturated rings. The Hall–Kier alpha value is -1.08. The van der Waals surface area contributed by atoms with Crippen LogP contribution in [0.5, 0.6) is 0 Å². The molecule has 0 heterocycles. The van der Waals surface area contributed by atoms with Crippen molar-refractivity contribution in [3.63, 3.8) is 0 Å². The number of nitrogens with two attached hydrogens (primary N) is 1. The Bertz CT molecular complexity index is 475. The summed E-state index contributed by atoms with van der Waals surface area (Å²) in [6, 6.07) is 9.23. The Morgan fingerprint density at radius 1 is 1.00 bits per heavy atom. The quantitative estimate of drug-likeness (QED) is 0.831. The zero-order chi connectivity index (χ0) is 12.8. The molecule has 2 aliphatic rings.